The number of thiophene rings is 1. The van der Waals surface area contributed by atoms with Gasteiger partial charge in [-0.05, 0) is 17.9 Å². The molecule has 2 saturated heterocycles. The van der Waals surface area contributed by atoms with Crippen molar-refractivity contribution in [2.75, 3.05) is 18.0 Å². The van der Waals surface area contributed by atoms with E-state index in [9.17, 15) is 9.59 Å². The Morgan fingerprint density at radius 1 is 1.50 bits per heavy atom. The zero-order valence-electron chi connectivity index (χ0n) is 9.78. The maximum Gasteiger partial charge on any atom is 0.317 e. The second-order valence-electron chi connectivity index (χ2n) is 4.74. The minimum Gasteiger partial charge on any atom is -0.480 e. The predicted molar refractivity (Wildman–Crippen MR) is 67.8 cm³/mol. The molecule has 0 bridgehead atoms. The van der Waals surface area contributed by atoms with Crippen LogP contribution in [0.1, 0.15) is 12.8 Å². The second kappa shape index (κ2) is 4.37. The van der Waals surface area contributed by atoms with Crippen molar-refractivity contribution in [1.29, 1.82) is 0 Å². The molecule has 2 atom stereocenters. The summed E-state index contributed by atoms with van der Waals surface area (Å²) >= 11 is 1.57. The number of carboxylic acid groups (broad SMARTS) is 1. The van der Waals surface area contributed by atoms with Crippen molar-refractivity contribution in [1.82, 2.24) is 4.90 Å². The van der Waals surface area contributed by atoms with Crippen LogP contribution < -0.4 is 4.90 Å². The van der Waals surface area contributed by atoms with Gasteiger partial charge in [0.15, 0.2) is 0 Å². The van der Waals surface area contributed by atoms with E-state index in [2.05, 4.69) is 0 Å². The molecule has 3 rings (SSSR count). The minimum absolute atomic E-state index is 0.0337. The van der Waals surface area contributed by atoms with Gasteiger partial charge < -0.3 is 10.0 Å². The highest BCUT2D eigenvalue weighted by atomic mass is 32.1. The van der Waals surface area contributed by atoms with E-state index in [0.29, 0.717) is 6.42 Å². The Morgan fingerprint density at radius 2 is 2.33 bits per heavy atom. The summed E-state index contributed by atoms with van der Waals surface area (Å²) in [6.07, 6.45) is 1.30. The van der Waals surface area contributed by atoms with Crippen molar-refractivity contribution < 1.29 is 14.7 Å². The van der Waals surface area contributed by atoms with Crippen molar-refractivity contribution >= 4 is 28.9 Å². The first kappa shape index (κ1) is 11.7. The van der Waals surface area contributed by atoms with Crippen molar-refractivity contribution in [2.24, 2.45) is 0 Å². The Labute approximate surface area is 109 Å². The molecule has 0 radical (unpaired) electrons. The highest BCUT2D eigenvalue weighted by molar-refractivity contribution is 7.08. The molecule has 5 nitrogen and oxygen atoms in total. The van der Waals surface area contributed by atoms with Gasteiger partial charge in [0.1, 0.15) is 0 Å². The molecule has 2 fully saturated rings. The molecule has 6 heteroatoms. The molecule has 0 spiro atoms. The molecule has 0 aromatic carbocycles. The fourth-order valence-electron chi connectivity index (χ4n) is 3.03. The number of carbonyl (C=O) groups excluding carboxylic acids is 1. The van der Waals surface area contributed by atoms with Gasteiger partial charge in [-0.3, -0.25) is 14.5 Å². The van der Waals surface area contributed by atoms with Gasteiger partial charge in [-0.2, -0.15) is 11.3 Å². The number of nitrogens with zero attached hydrogens (tertiary/aromatic N) is 2. The second-order valence-corrected chi connectivity index (χ2v) is 5.52. The lowest BCUT2D eigenvalue weighted by Crippen LogP contribution is -2.39. The van der Waals surface area contributed by atoms with E-state index in [1.54, 1.807) is 11.3 Å². The molecule has 3 heterocycles. The Morgan fingerprint density at radius 3 is 3.00 bits per heavy atom. The maximum absolute atomic E-state index is 12.1. The Kier molecular flexibility index (Phi) is 2.83. The summed E-state index contributed by atoms with van der Waals surface area (Å²) in [4.78, 5) is 26.6. The maximum atomic E-state index is 12.1. The van der Waals surface area contributed by atoms with Crippen LogP contribution in [0.25, 0.3) is 0 Å². The van der Waals surface area contributed by atoms with Crippen LogP contribution in [0.15, 0.2) is 16.8 Å². The number of aliphatic carboxylic acids is 1. The Balaban J connectivity index is 1.81. The largest absolute Gasteiger partial charge is 0.480 e. The summed E-state index contributed by atoms with van der Waals surface area (Å²) in [7, 11) is 0. The molecule has 2 aliphatic rings. The molecule has 1 aromatic heterocycles. The van der Waals surface area contributed by atoms with Gasteiger partial charge in [0.25, 0.3) is 0 Å². The highest BCUT2D eigenvalue weighted by Gasteiger charge is 2.47. The molecule has 2 aliphatic heterocycles. The van der Waals surface area contributed by atoms with Gasteiger partial charge in [0.05, 0.1) is 18.3 Å². The standard InChI is InChI=1S/C12H14N2O3S/c15-11-5-10-9(1-3-13(10)6-12(16)17)14(11)8-2-4-18-7-8/h2,4,7,9-10H,1,3,5-6H2,(H,16,17). The molecule has 1 N–H and O–H groups in total. The molecule has 18 heavy (non-hydrogen) atoms. The van der Waals surface area contributed by atoms with Crippen LogP contribution >= 0.6 is 11.3 Å². The van der Waals surface area contributed by atoms with Crippen LogP contribution in [0, 0.1) is 0 Å². The van der Waals surface area contributed by atoms with Crippen molar-refractivity contribution in [3.8, 4) is 0 Å². The third-order valence-corrected chi connectivity index (χ3v) is 4.40. The Bertz CT molecular complexity index is 474. The zero-order valence-corrected chi connectivity index (χ0v) is 10.6. The summed E-state index contributed by atoms with van der Waals surface area (Å²) in [5.74, 6) is -0.712. The van der Waals surface area contributed by atoms with Crippen LogP contribution in [0.4, 0.5) is 5.69 Å². The summed E-state index contributed by atoms with van der Waals surface area (Å²) in [6, 6.07) is 2.16. The van der Waals surface area contributed by atoms with Gasteiger partial charge in [-0.25, -0.2) is 0 Å². The molecule has 1 amide bonds. The number of carboxylic acids is 1. The van der Waals surface area contributed by atoms with Gasteiger partial charge >= 0.3 is 5.97 Å². The number of anilines is 1. The number of rotatable bonds is 3. The van der Waals surface area contributed by atoms with Crippen LogP contribution in [0.2, 0.25) is 0 Å². The van der Waals surface area contributed by atoms with Crippen LogP contribution in [0.3, 0.4) is 0 Å². The third-order valence-electron chi connectivity index (χ3n) is 3.73. The lowest BCUT2D eigenvalue weighted by molar-refractivity contribution is -0.138. The lowest BCUT2D eigenvalue weighted by atomic mass is 10.1. The average Bonchev–Trinajstić information content (AvgIpc) is 2.96. The van der Waals surface area contributed by atoms with Crippen LogP contribution in [-0.2, 0) is 9.59 Å². The number of hydrogen-bond acceptors (Lipinski definition) is 4. The van der Waals surface area contributed by atoms with E-state index < -0.39 is 5.97 Å². The van der Waals surface area contributed by atoms with E-state index in [4.69, 9.17) is 5.11 Å². The molecule has 0 aliphatic carbocycles. The van der Waals surface area contributed by atoms with Crippen LogP contribution in [0.5, 0.6) is 0 Å². The van der Waals surface area contributed by atoms with E-state index in [1.807, 2.05) is 26.6 Å². The first-order valence-corrected chi connectivity index (χ1v) is 6.91. The molecular formula is C12H14N2O3S. The first-order chi connectivity index (χ1) is 8.66. The monoisotopic (exact) mass is 266 g/mol. The Hall–Kier alpha value is -1.40. The molecule has 0 saturated carbocycles. The fourth-order valence-corrected chi connectivity index (χ4v) is 3.66. The average molecular weight is 266 g/mol. The minimum atomic E-state index is -0.822. The zero-order chi connectivity index (χ0) is 12.7. The topological polar surface area (TPSA) is 60.9 Å². The highest BCUT2D eigenvalue weighted by Crippen LogP contribution is 2.36. The van der Waals surface area contributed by atoms with Gasteiger partial charge in [-0.1, -0.05) is 0 Å². The summed E-state index contributed by atoms with van der Waals surface area (Å²) < 4.78 is 0. The van der Waals surface area contributed by atoms with E-state index in [-0.39, 0.29) is 24.5 Å². The van der Waals surface area contributed by atoms with Crippen LogP contribution in [-0.4, -0.2) is 47.1 Å². The molecule has 1 aromatic rings. The van der Waals surface area contributed by atoms with Gasteiger partial charge in [0.2, 0.25) is 5.91 Å². The van der Waals surface area contributed by atoms with E-state index in [0.717, 1.165) is 18.7 Å². The van der Waals surface area contributed by atoms with Crippen molar-refractivity contribution in [2.45, 2.75) is 24.9 Å². The van der Waals surface area contributed by atoms with E-state index in [1.165, 1.54) is 0 Å². The van der Waals surface area contributed by atoms with Gasteiger partial charge in [0, 0.05) is 24.4 Å². The molecule has 96 valence electrons. The third kappa shape index (κ3) is 1.81. The smallest absolute Gasteiger partial charge is 0.317 e. The van der Waals surface area contributed by atoms with Crippen molar-refractivity contribution in [3.63, 3.8) is 0 Å². The number of likely N-dealkylation sites (tertiary alicyclic amines) is 1. The summed E-state index contributed by atoms with van der Waals surface area (Å²) in [5.41, 5.74) is 0.953. The van der Waals surface area contributed by atoms with Gasteiger partial charge in [-0.15, -0.1) is 0 Å². The molecular weight excluding hydrogens is 252 g/mol. The predicted octanol–water partition coefficient (Wildman–Crippen LogP) is 1.01. The normalized spacial score (nSPS) is 27.8. The fraction of sp³-hybridized carbons (Fsp3) is 0.500. The summed E-state index contributed by atoms with van der Waals surface area (Å²) in [6.45, 7) is 0.793. The first-order valence-electron chi connectivity index (χ1n) is 5.97. The van der Waals surface area contributed by atoms with E-state index >= 15 is 0 Å². The number of fused-ring (bicyclic) bond motifs is 1. The molecule has 2 unspecified atom stereocenters. The summed E-state index contributed by atoms with van der Waals surface area (Å²) in [5, 5.41) is 12.8. The number of amides is 1. The number of hydrogen-bond donors (Lipinski definition) is 1. The number of carbonyl (C=O) groups is 2. The van der Waals surface area contributed by atoms with Crippen molar-refractivity contribution in [3.05, 3.63) is 16.8 Å². The quantitative estimate of drug-likeness (QED) is 0.887. The SMILES string of the molecule is O=C(O)CN1CCC2C1CC(=O)N2c1ccsc1. The lowest BCUT2D eigenvalue weighted by Gasteiger charge is -2.23.